The number of hydrogen-bond acceptors (Lipinski definition) is 4. The van der Waals surface area contributed by atoms with Crippen molar-refractivity contribution in [1.29, 1.82) is 0 Å². The van der Waals surface area contributed by atoms with E-state index in [2.05, 4.69) is 6.58 Å². The van der Waals surface area contributed by atoms with Crippen LogP contribution in [0, 0.1) is 5.92 Å². The highest BCUT2D eigenvalue weighted by molar-refractivity contribution is 6.09. The van der Waals surface area contributed by atoms with Crippen molar-refractivity contribution in [1.82, 2.24) is 0 Å². The van der Waals surface area contributed by atoms with Crippen LogP contribution in [0.25, 0.3) is 0 Å². The van der Waals surface area contributed by atoms with Gasteiger partial charge in [0.15, 0.2) is 5.60 Å². The maximum absolute atomic E-state index is 13.4. The van der Waals surface area contributed by atoms with E-state index in [1.54, 1.807) is 42.2 Å². The van der Waals surface area contributed by atoms with Crippen molar-refractivity contribution in [3.05, 3.63) is 78.4 Å². The number of para-hydroxylation sites is 1. The Morgan fingerprint density at radius 3 is 2.69 bits per heavy atom. The van der Waals surface area contributed by atoms with Crippen LogP contribution in [0.5, 0.6) is 0 Å². The fourth-order valence-corrected chi connectivity index (χ4v) is 4.61. The van der Waals surface area contributed by atoms with E-state index in [1.165, 1.54) is 4.90 Å². The predicted molar refractivity (Wildman–Crippen MR) is 125 cm³/mol. The van der Waals surface area contributed by atoms with Gasteiger partial charge in [-0.25, -0.2) is 0 Å². The van der Waals surface area contributed by atoms with E-state index < -0.39 is 17.4 Å². The van der Waals surface area contributed by atoms with Crippen LogP contribution in [0.3, 0.4) is 0 Å². The smallest absolute Gasteiger partial charge is 0.264 e. The average Bonchev–Trinajstić information content (AvgIpc) is 3.01. The van der Waals surface area contributed by atoms with Gasteiger partial charge in [0.2, 0.25) is 5.91 Å². The van der Waals surface area contributed by atoms with E-state index >= 15 is 0 Å². The van der Waals surface area contributed by atoms with E-state index in [0.29, 0.717) is 36.2 Å². The summed E-state index contributed by atoms with van der Waals surface area (Å²) in [6, 6.07) is 13.2. The molecule has 0 aromatic heterocycles. The van der Waals surface area contributed by atoms with Crippen LogP contribution in [0.15, 0.2) is 67.3 Å². The first-order valence-corrected chi connectivity index (χ1v) is 10.9. The second kappa shape index (κ2) is 8.73. The Hall–Kier alpha value is -3.22. The molecule has 6 heteroatoms. The third kappa shape index (κ3) is 3.45. The lowest BCUT2D eigenvalue weighted by atomic mass is 9.82. The Morgan fingerprint density at radius 2 is 1.94 bits per heavy atom. The van der Waals surface area contributed by atoms with Crippen molar-refractivity contribution in [2.24, 2.45) is 5.92 Å². The van der Waals surface area contributed by atoms with Gasteiger partial charge in [-0.15, -0.1) is 6.58 Å². The summed E-state index contributed by atoms with van der Waals surface area (Å²) in [6.07, 6.45) is 6.68. The molecule has 0 bridgehead atoms. The van der Waals surface area contributed by atoms with Crippen molar-refractivity contribution < 1.29 is 19.8 Å². The number of carbonyl (C=O) groups is 2. The molecule has 4 rings (SSSR count). The highest BCUT2D eigenvalue weighted by Gasteiger charge is 2.52. The highest BCUT2D eigenvalue weighted by Crippen LogP contribution is 2.47. The first-order chi connectivity index (χ1) is 15.4. The lowest BCUT2D eigenvalue weighted by molar-refractivity contribution is -0.139. The number of carbonyl (C=O) groups excluding carboxylic acids is 2. The summed E-state index contributed by atoms with van der Waals surface area (Å²) in [5, 5.41) is 20.8. The molecule has 32 heavy (non-hydrogen) atoms. The Labute approximate surface area is 188 Å². The zero-order chi connectivity index (χ0) is 22.9. The summed E-state index contributed by atoms with van der Waals surface area (Å²) in [5.41, 5.74) is 1.85. The second-order valence-corrected chi connectivity index (χ2v) is 8.26. The summed E-state index contributed by atoms with van der Waals surface area (Å²) in [6.45, 7) is 5.78. The number of nitrogens with zero attached hydrogens (tertiary/aromatic N) is 2. The molecular formula is C26H28N2O4. The van der Waals surface area contributed by atoms with Gasteiger partial charge in [0, 0.05) is 36.7 Å². The maximum Gasteiger partial charge on any atom is 0.264 e. The van der Waals surface area contributed by atoms with Crippen molar-refractivity contribution >= 4 is 28.9 Å². The molecule has 0 unspecified atom stereocenters. The van der Waals surface area contributed by atoms with Gasteiger partial charge < -0.3 is 15.1 Å². The number of fused-ring (bicyclic) bond motifs is 2. The molecule has 2 atom stereocenters. The largest absolute Gasteiger partial charge is 0.396 e. The number of benzene rings is 2. The predicted octanol–water partition coefficient (Wildman–Crippen LogP) is 3.59. The molecule has 2 N–H and O–H groups in total. The van der Waals surface area contributed by atoms with Gasteiger partial charge in [-0.2, -0.15) is 0 Å². The van der Waals surface area contributed by atoms with Crippen molar-refractivity contribution in [3.8, 4) is 0 Å². The number of amides is 2. The van der Waals surface area contributed by atoms with E-state index in [1.807, 2.05) is 30.3 Å². The standard InChI is InChI=1S/C26H28N2O4/c1-3-15-27-23-13-12-20(28-22-10-5-4-9-19(22)11-14-24(28)30)17-21(23)26(32,25(27)31)18(2)8-6-7-16-29/h3-6,8-10,12-13,17-18,29,32H,1,7,11,14-16H2,2H3/b8-6+/t18-,26+/m1/s1. The molecule has 0 aliphatic carbocycles. The van der Waals surface area contributed by atoms with Gasteiger partial charge in [0.05, 0.1) is 11.4 Å². The van der Waals surface area contributed by atoms with Crippen LogP contribution in [-0.4, -0.2) is 35.2 Å². The van der Waals surface area contributed by atoms with E-state index in [0.717, 1.165) is 11.3 Å². The number of aliphatic hydroxyl groups is 2. The summed E-state index contributed by atoms with van der Waals surface area (Å²) in [4.78, 5) is 29.5. The Kier molecular flexibility index (Phi) is 6.00. The first kappa shape index (κ1) is 22.0. The number of aryl methyl sites for hydroxylation is 1. The topological polar surface area (TPSA) is 81.1 Å². The average molecular weight is 433 g/mol. The molecule has 2 aromatic rings. The Morgan fingerprint density at radius 1 is 1.16 bits per heavy atom. The lowest BCUT2D eigenvalue weighted by Gasteiger charge is -2.31. The van der Waals surface area contributed by atoms with Gasteiger partial charge in [-0.1, -0.05) is 43.4 Å². The monoisotopic (exact) mass is 432 g/mol. The molecule has 166 valence electrons. The lowest BCUT2D eigenvalue weighted by Crippen LogP contribution is -2.44. The quantitative estimate of drug-likeness (QED) is 0.655. The first-order valence-electron chi connectivity index (χ1n) is 10.9. The zero-order valence-corrected chi connectivity index (χ0v) is 18.2. The van der Waals surface area contributed by atoms with Crippen LogP contribution in [0.4, 0.5) is 17.1 Å². The molecule has 0 radical (unpaired) electrons. The van der Waals surface area contributed by atoms with Crippen molar-refractivity contribution in [2.75, 3.05) is 23.0 Å². The molecular weight excluding hydrogens is 404 g/mol. The number of anilines is 3. The minimum atomic E-state index is -1.78. The normalized spacial score (nSPS) is 21.1. The third-order valence-electron chi connectivity index (χ3n) is 6.29. The van der Waals surface area contributed by atoms with Crippen LogP contribution in [0.1, 0.15) is 30.9 Å². The SMILES string of the molecule is C=CCN1C(=O)[C@](O)([C@H](C)/C=C/CCO)c2cc(N3C(=O)CCc4ccccc43)ccc21. The van der Waals surface area contributed by atoms with Crippen molar-refractivity contribution in [3.63, 3.8) is 0 Å². The molecule has 0 saturated carbocycles. The summed E-state index contributed by atoms with van der Waals surface area (Å²) >= 11 is 0. The molecule has 0 fully saturated rings. The van der Waals surface area contributed by atoms with Crippen LogP contribution in [0.2, 0.25) is 0 Å². The van der Waals surface area contributed by atoms with E-state index in [-0.39, 0.29) is 19.1 Å². The summed E-state index contributed by atoms with van der Waals surface area (Å²) in [7, 11) is 0. The van der Waals surface area contributed by atoms with E-state index in [9.17, 15) is 14.7 Å². The van der Waals surface area contributed by atoms with Crippen LogP contribution < -0.4 is 9.80 Å². The van der Waals surface area contributed by atoms with Crippen molar-refractivity contribution in [2.45, 2.75) is 31.8 Å². The van der Waals surface area contributed by atoms with Gasteiger partial charge >= 0.3 is 0 Å². The van der Waals surface area contributed by atoms with E-state index in [4.69, 9.17) is 5.11 Å². The molecule has 0 spiro atoms. The molecule has 2 aliphatic rings. The van der Waals surface area contributed by atoms with Gasteiger partial charge in [0.25, 0.3) is 5.91 Å². The number of hydrogen-bond donors (Lipinski definition) is 2. The molecule has 2 heterocycles. The molecule has 2 aliphatic heterocycles. The molecule has 2 amide bonds. The summed E-state index contributed by atoms with van der Waals surface area (Å²) in [5.74, 6) is -0.971. The fourth-order valence-electron chi connectivity index (χ4n) is 4.61. The summed E-state index contributed by atoms with van der Waals surface area (Å²) < 4.78 is 0. The maximum atomic E-state index is 13.4. The zero-order valence-electron chi connectivity index (χ0n) is 18.2. The van der Waals surface area contributed by atoms with Gasteiger partial charge in [-0.3, -0.25) is 14.5 Å². The van der Waals surface area contributed by atoms with Crippen LogP contribution in [-0.2, 0) is 21.6 Å². The molecule has 0 saturated heterocycles. The third-order valence-corrected chi connectivity index (χ3v) is 6.29. The highest BCUT2D eigenvalue weighted by atomic mass is 16.3. The Balaban J connectivity index is 1.83. The fraction of sp³-hybridized carbons (Fsp3) is 0.308. The minimum absolute atomic E-state index is 0.00456. The number of aliphatic hydroxyl groups excluding tert-OH is 1. The van der Waals surface area contributed by atoms with Crippen LogP contribution >= 0.6 is 0 Å². The van der Waals surface area contributed by atoms with Gasteiger partial charge in [-0.05, 0) is 42.7 Å². The molecule has 6 nitrogen and oxygen atoms in total. The second-order valence-electron chi connectivity index (χ2n) is 8.26. The van der Waals surface area contributed by atoms with Gasteiger partial charge in [0.1, 0.15) is 0 Å². The minimum Gasteiger partial charge on any atom is -0.396 e. The number of rotatable bonds is 7. The Bertz CT molecular complexity index is 1090. The molecule has 2 aromatic carbocycles.